The summed E-state index contributed by atoms with van der Waals surface area (Å²) in [6.45, 7) is 16.2. The van der Waals surface area contributed by atoms with Crippen molar-refractivity contribution >= 4 is 18.0 Å². The molecule has 0 heterocycles. The molecule has 5 aliphatic rings. The van der Waals surface area contributed by atoms with E-state index in [-0.39, 0.29) is 39.2 Å². The third kappa shape index (κ3) is 4.99. The number of phenols is 1. The number of aliphatic hydroxyl groups excluding tert-OH is 1. The number of hydrogen-bond donors (Lipinski definition) is 3. The topological polar surface area (TPSA) is 113 Å². The fourth-order valence-electron chi connectivity index (χ4n) is 12.1. The van der Waals surface area contributed by atoms with E-state index in [4.69, 9.17) is 9.47 Å². The Kier molecular flexibility index (Phi) is 8.06. The van der Waals surface area contributed by atoms with Gasteiger partial charge in [-0.1, -0.05) is 66.2 Å². The number of methoxy groups -OCH3 is 1. The van der Waals surface area contributed by atoms with E-state index in [2.05, 4.69) is 54.5 Å². The van der Waals surface area contributed by atoms with Gasteiger partial charge in [0.15, 0.2) is 11.5 Å². The minimum absolute atomic E-state index is 0.0260. The van der Waals surface area contributed by atoms with E-state index >= 15 is 0 Å². The number of aliphatic carboxylic acids is 1. The summed E-state index contributed by atoms with van der Waals surface area (Å²) in [7, 11) is 1.48. The Bertz CT molecular complexity index is 1510. The van der Waals surface area contributed by atoms with Gasteiger partial charge in [-0.05, 0) is 121 Å². The van der Waals surface area contributed by atoms with E-state index in [1.165, 1.54) is 24.8 Å². The molecule has 3 N–H and O–H groups in total. The van der Waals surface area contributed by atoms with Crippen LogP contribution in [0.2, 0.25) is 0 Å². The summed E-state index contributed by atoms with van der Waals surface area (Å²) in [6.07, 6.45) is 11.7. The monoisotopic (exact) mass is 648 g/mol. The molecule has 0 aliphatic heterocycles. The van der Waals surface area contributed by atoms with Crippen molar-refractivity contribution in [2.75, 3.05) is 7.11 Å². The fraction of sp³-hybridized carbons (Fsp3) is 0.700. The van der Waals surface area contributed by atoms with Gasteiger partial charge in [-0.25, -0.2) is 4.79 Å². The van der Waals surface area contributed by atoms with Crippen LogP contribution < -0.4 is 4.74 Å². The molecule has 47 heavy (non-hydrogen) atoms. The largest absolute Gasteiger partial charge is 0.504 e. The third-order valence-electron chi connectivity index (χ3n) is 14.8. The lowest BCUT2D eigenvalue weighted by atomic mass is 9.33. The Morgan fingerprint density at radius 3 is 2.32 bits per heavy atom. The van der Waals surface area contributed by atoms with E-state index in [0.717, 1.165) is 51.4 Å². The van der Waals surface area contributed by atoms with Crippen LogP contribution in [0, 0.1) is 50.2 Å². The first-order chi connectivity index (χ1) is 21.8. The smallest absolute Gasteiger partial charge is 0.331 e. The molecule has 0 spiro atoms. The van der Waals surface area contributed by atoms with Crippen LogP contribution in [0.3, 0.4) is 0 Å². The molecule has 7 nitrogen and oxygen atoms in total. The second-order valence-electron chi connectivity index (χ2n) is 17.9. The number of esters is 1. The summed E-state index contributed by atoms with van der Waals surface area (Å²) in [5, 5.41) is 32.3. The number of aliphatic hydroxyl groups is 1. The van der Waals surface area contributed by atoms with Gasteiger partial charge in [0.05, 0.1) is 18.6 Å². The van der Waals surface area contributed by atoms with E-state index in [0.29, 0.717) is 23.7 Å². The third-order valence-corrected chi connectivity index (χ3v) is 14.8. The number of aromatic hydroxyl groups is 1. The van der Waals surface area contributed by atoms with Gasteiger partial charge in [0, 0.05) is 11.5 Å². The lowest BCUT2D eigenvalue weighted by molar-refractivity contribution is -0.238. The average Bonchev–Trinajstić information content (AvgIpc) is 2.98. The van der Waals surface area contributed by atoms with Crippen LogP contribution in [-0.2, 0) is 14.3 Å². The zero-order chi connectivity index (χ0) is 34.4. The molecular formula is C40H56O7. The van der Waals surface area contributed by atoms with Gasteiger partial charge in [-0.3, -0.25) is 4.79 Å². The first kappa shape index (κ1) is 34.1. The molecule has 0 aromatic heterocycles. The Hall–Kier alpha value is -2.80. The second-order valence-corrected chi connectivity index (χ2v) is 17.9. The summed E-state index contributed by atoms with van der Waals surface area (Å²) in [5.41, 5.74) is 0.812. The van der Waals surface area contributed by atoms with Crippen LogP contribution in [-0.4, -0.2) is 46.6 Å². The molecule has 258 valence electrons. The van der Waals surface area contributed by atoms with Gasteiger partial charge in [0.2, 0.25) is 0 Å². The number of rotatable bonds is 5. The van der Waals surface area contributed by atoms with Crippen LogP contribution in [0.5, 0.6) is 11.5 Å². The number of hydrogen-bond acceptors (Lipinski definition) is 6. The van der Waals surface area contributed by atoms with E-state index in [1.54, 1.807) is 18.2 Å². The molecule has 0 amide bonds. The maximum absolute atomic E-state index is 13.1. The highest BCUT2D eigenvalue weighted by molar-refractivity contribution is 5.87. The molecule has 9 atom stereocenters. The molecule has 6 rings (SSSR count). The Labute approximate surface area is 280 Å². The SMILES string of the molecule is COc1cc(C=CC(=O)O[C@H]2[C@H](O)C[C@]3(C)[C@H]4CC=C5[C@@H]6CC(C)(C)CC[C@]6(C(=O)O)CC[C@@]5(C)[C@]4(C)CC[C@H]3C2(C)C)ccc1O. The number of benzene rings is 1. The maximum Gasteiger partial charge on any atom is 0.331 e. The number of carboxylic acid groups (broad SMARTS) is 1. The highest BCUT2D eigenvalue weighted by Crippen LogP contribution is 2.75. The van der Waals surface area contributed by atoms with Crippen molar-refractivity contribution in [1.82, 2.24) is 0 Å². The number of allylic oxidation sites excluding steroid dienone is 2. The molecule has 0 radical (unpaired) electrons. The van der Waals surface area contributed by atoms with Crippen molar-refractivity contribution in [1.29, 1.82) is 0 Å². The van der Waals surface area contributed by atoms with Crippen molar-refractivity contribution in [3.05, 3.63) is 41.5 Å². The molecule has 1 aromatic rings. The van der Waals surface area contributed by atoms with E-state index in [1.807, 2.05) is 0 Å². The average molecular weight is 649 g/mol. The number of carbonyl (C=O) groups is 2. The van der Waals surface area contributed by atoms with Crippen LogP contribution in [0.15, 0.2) is 35.9 Å². The first-order valence-electron chi connectivity index (χ1n) is 17.7. The number of carbonyl (C=O) groups excluding carboxylic acids is 1. The van der Waals surface area contributed by atoms with Gasteiger partial charge in [0.1, 0.15) is 6.10 Å². The summed E-state index contributed by atoms with van der Waals surface area (Å²) in [5.74, 6) is -0.128. The molecule has 0 unspecified atom stereocenters. The quantitative estimate of drug-likeness (QED) is 0.168. The van der Waals surface area contributed by atoms with Gasteiger partial charge in [-0.15, -0.1) is 0 Å². The first-order valence-corrected chi connectivity index (χ1v) is 17.7. The van der Waals surface area contributed by atoms with E-state index < -0.39 is 35.0 Å². The second kappa shape index (κ2) is 11.1. The van der Waals surface area contributed by atoms with Gasteiger partial charge in [-0.2, -0.15) is 0 Å². The van der Waals surface area contributed by atoms with Gasteiger partial charge < -0.3 is 24.8 Å². The molecule has 5 aliphatic carbocycles. The normalized spacial score (nSPS) is 41.8. The Morgan fingerprint density at radius 1 is 0.936 bits per heavy atom. The Morgan fingerprint density at radius 2 is 1.64 bits per heavy atom. The van der Waals surface area contributed by atoms with Gasteiger partial charge >= 0.3 is 11.9 Å². The van der Waals surface area contributed by atoms with Crippen molar-refractivity contribution in [3.8, 4) is 11.5 Å². The van der Waals surface area contributed by atoms with E-state index in [9.17, 15) is 24.9 Å². The zero-order valence-corrected chi connectivity index (χ0v) is 29.7. The van der Waals surface area contributed by atoms with Crippen molar-refractivity contribution in [2.45, 2.75) is 118 Å². The number of phenolic OH excluding ortho intramolecular Hbond substituents is 1. The van der Waals surface area contributed by atoms with Crippen molar-refractivity contribution in [2.24, 2.45) is 50.2 Å². The summed E-state index contributed by atoms with van der Waals surface area (Å²) in [6, 6.07) is 4.86. The molecule has 1 aromatic carbocycles. The minimum Gasteiger partial charge on any atom is -0.504 e. The summed E-state index contributed by atoms with van der Waals surface area (Å²) in [4.78, 5) is 26.1. The summed E-state index contributed by atoms with van der Waals surface area (Å²) < 4.78 is 11.3. The van der Waals surface area contributed by atoms with Crippen LogP contribution in [0.1, 0.15) is 112 Å². The minimum atomic E-state index is -0.803. The Balaban J connectivity index is 1.27. The lowest BCUT2D eigenvalue weighted by Crippen LogP contribution is -2.67. The van der Waals surface area contributed by atoms with Crippen molar-refractivity contribution < 1.29 is 34.4 Å². The molecule has 0 saturated heterocycles. The predicted octanol–water partition coefficient (Wildman–Crippen LogP) is 8.18. The predicted molar refractivity (Wildman–Crippen MR) is 182 cm³/mol. The fourth-order valence-corrected chi connectivity index (χ4v) is 12.1. The van der Waals surface area contributed by atoms with Crippen LogP contribution >= 0.6 is 0 Å². The molecule has 0 bridgehead atoms. The molecular weight excluding hydrogens is 592 g/mol. The standard InChI is InChI=1S/C40H56O7/c1-35(2)17-19-40(34(44)45)20-18-38(6)25(26(40)22-35)11-13-31-37(5)23-28(42)33(36(3,4)30(37)15-16-39(31,38)7)47-32(43)14-10-24-9-12-27(41)29(21-24)46-8/h9-12,14,21,26,28,30-31,33,41-42H,13,15-20,22-23H2,1-8H3,(H,44,45)/t26-,28+,30-,31+,33-,37-,38+,39+,40-/m0/s1. The number of carboxylic acids is 1. The van der Waals surface area contributed by atoms with Gasteiger partial charge in [0.25, 0.3) is 0 Å². The molecule has 4 fully saturated rings. The zero-order valence-electron chi connectivity index (χ0n) is 29.7. The maximum atomic E-state index is 13.1. The van der Waals surface area contributed by atoms with Crippen LogP contribution in [0.25, 0.3) is 6.08 Å². The van der Waals surface area contributed by atoms with Crippen LogP contribution in [0.4, 0.5) is 0 Å². The highest BCUT2D eigenvalue weighted by Gasteiger charge is 2.70. The summed E-state index contributed by atoms with van der Waals surface area (Å²) >= 11 is 0. The van der Waals surface area contributed by atoms with Crippen molar-refractivity contribution in [3.63, 3.8) is 0 Å². The molecule has 7 heteroatoms. The number of fused-ring (bicyclic) bond motifs is 7. The lowest BCUT2D eigenvalue weighted by Gasteiger charge is -2.71. The number of ether oxygens (including phenoxy) is 2. The highest BCUT2D eigenvalue weighted by atomic mass is 16.6. The molecule has 4 saturated carbocycles.